The molecule has 0 aliphatic carbocycles. The number of rotatable bonds is 2. The highest BCUT2D eigenvalue weighted by molar-refractivity contribution is 9.10. The standard InChI is InChI=1S/C12H11BrClNO/c1-2-3-7-6-10(16)11-8(13)4-5-9(14)12(11)15-7/h4-6H,2-3H2,1H3,(H,15,16). The molecule has 0 fully saturated rings. The van der Waals surface area contributed by atoms with Crippen LogP contribution >= 0.6 is 27.5 Å². The SMILES string of the molecule is CCCc1cc(=O)c2c(Br)ccc(Cl)c2[nH]1. The van der Waals surface area contributed by atoms with Crippen LogP contribution in [0.25, 0.3) is 10.9 Å². The van der Waals surface area contributed by atoms with Crippen LogP contribution in [0.5, 0.6) is 0 Å². The number of H-pyrrole nitrogens is 1. The molecule has 0 radical (unpaired) electrons. The van der Waals surface area contributed by atoms with Crippen molar-refractivity contribution in [2.75, 3.05) is 0 Å². The minimum Gasteiger partial charge on any atom is -0.357 e. The Balaban J connectivity index is 2.81. The fourth-order valence-electron chi connectivity index (χ4n) is 1.75. The van der Waals surface area contributed by atoms with E-state index in [4.69, 9.17) is 11.6 Å². The molecule has 0 spiro atoms. The van der Waals surface area contributed by atoms with Gasteiger partial charge < -0.3 is 4.98 Å². The van der Waals surface area contributed by atoms with E-state index in [0.29, 0.717) is 15.9 Å². The smallest absolute Gasteiger partial charge is 0.190 e. The first kappa shape index (κ1) is 11.7. The molecule has 0 aliphatic rings. The van der Waals surface area contributed by atoms with E-state index >= 15 is 0 Å². The minimum absolute atomic E-state index is 0.00609. The second-order valence-electron chi connectivity index (χ2n) is 3.69. The average Bonchev–Trinajstić information content (AvgIpc) is 2.23. The van der Waals surface area contributed by atoms with Gasteiger partial charge in [0.1, 0.15) is 0 Å². The third-order valence-electron chi connectivity index (χ3n) is 2.46. The van der Waals surface area contributed by atoms with Gasteiger partial charge in [-0.3, -0.25) is 4.79 Å². The van der Waals surface area contributed by atoms with Crippen molar-refractivity contribution in [2.24, 2.45) is 0 Å². The first-order chi connectivity index (χ1) is 7.63. The van der Waals surface area contributed by atoms with Crippen molar-refractivity contribution in [1.29, 1.82) is 0 Å². The Morgan fingerprint density at radius 3 is 2.88 bits per heavy atom. The third-order valence-corrected chi connectivity index (χ3v) is 3.44. The molecule has 0 saturated heterocycles. The molecule has 2 aromatic rings. The molecule has 0 atom stereocenters. The van der Waals surface area contributed by atoms with Gasteiger partial charge in [-0.1, -0.05) is 24.9 Å². The summed E-state index contributed by atoms with van der Waals surface area (Å²) in [4.78, 5) is 15.2. The molecule has 0 bridgehead atoms. The maximum Gasteiger partial charge on any atom is 0.190 e. The highest BCUT2D eigenvalue weighted by Crippen LogP contribution is 2.26. The number of nitrogens with one attached hydrogen (secondary N) is 1. The van der Waals surface area contributed by atoms with Gasteiger partial charge in [-0.05, 0) is 34.5 Å². The van der Waals surface area contributed by atoms with E-state index in [1.807, 2.05) is 0 Å². The lowest BCUT2D eigenvalue weighted by molar-refractivity contribution is 0.888. The fraction of sp³-hybridized carbons (Fsp3) is 0.250. The summed E-state index contributed by atoms with van der Waals surface area (Å²) in [6.45, 7) is 2.07. The monoisotopic (exact) mass is 299 g/mol. The van der Waals surface area contributed by atoms with E-state index in [1.54, 1.807) is 18.2 Å². The van der Waals surface area contributed by atoms with Gasteiger partial charge in [0.05, 0.1) is 15.9 Å². The summed E-state index contributed by atoms with van der Waals surface area (Å²) in [6.07, 6.45) is 1.85. The Morgan fingerprint density at radius 2 is 2.19 bits per heavy atom. The molecule has 1 N–H and O–H groups in total. The molecular weight excluding hydrogens is 289 g/mol. The summed E-state index contributed by atoms with van der Waals surface area (Å²) in [5, 5.41) is 1.20. The van der Waals surface area contributed by atoms with Crippen molar-refractivity contribution in [2.45, 2.75) is 19.8 Å². The number of aryl methyl sites for hydroxylation is 1. The molecule has 1 aromatic carbocycles. The number of aromatic nitrogens is 1. The lowest BCUT2D eigenvalue weighted by Gasteiger charge is -2.06. The Morgan fingerprint density at radius 1 is 1.44 bits per heavy atom. The van der Waals surface area contributed by atoms with Crippen molar-refractivity contribution in [3.05, 3.63) is 43.6 Å². The molecule has 2 nitrogen and oxygen atoms in total. The van der Waals surface area contributed by atoms with Crippen molar-refractivity contribution >= 4 is 38.4 Å². The van der Waals surface area contributed by atoms with Crippen LogP contribution in [0.2, 0.25) is 5.02 Å². The fourth-order valence-corrected chi connectivity index (χ4v) is 2.48. The molecule has 0 amide bonds. The Kier molecular flexibility index (Phi) is 3.36. The summed E-state index contributed by atoms with van der Waals surface area (Å²) in [5.74, 6) is 0. The zero-order valence-electron chi connectivity index (χ0n) is 8.81. The van der Waals surface area contributed by atoms with E-state index in [-0.39, 0.29) is 5.43 Å². The minimum atomic E-state index is 0.00609. The van der Waals surface area contributed by atoms with Crippen molar-refractivity contribution in [3.8, 4) is 0 Å². The van der Waals surface area contributed by atoms with Gasteiger partial charge in [0.15, 0.2) is 5.43 Å². The van der Waals surface area contributed by atoms with Crippen LogP contribution in [0.1, 0.15) is 19.0 Å². The summed E-state index contributed by atoms with van der Waals surface area (Å²) in [5.41, 5.74) is 1.65. The molecule has 0 saturated carbocycles. The van der Waals surface area contributed by atoms with Gasteiger partial charge in [-0.15, -0.1) is 0 Å². The summed E-state index contributed by atoms with van der Waals surface area (Å²) < 4.78 is 0.774. The van der Waals surface area contributed by atoms with Crippen LogP contribution in [-0.4, -0.2) is 4.98 Å². The number of hydrogen-bond acceptors (Lipinski definition) is 1. The van der Waals surface area contributed by atoms with Crippen LogP contribution in [0.3, 0.4) is 0 Å². The Hall–Kier alpha value is -0.800. The second kappa shape index (κ2) is 4.60. The molecule has 16 heavy (non-hydrogen) atoms. The summed E-state index contributed by atoms with van der Waals surface area (Å²) in [7, 11) is 0. The van der Waals surface area contributed by atoms with Crippen molar-refractivity contribution < 1.29 is 0 Å². The summed E-state index contributed by atoms with van der Waals surface area (Å²) >= 11 is 9.45. The molecular formula is C12H11BrClNO. The maximum absolute atomic E-state index is 11.9. The highest BCUT2D eigenvalue weighted by Gasteiger charge is 2.08. The number of fused-ring (bicyclic) bond motifs is 1. The van der Waals surface area contributed by atoms with Gasteiger partial charge in [-0.25, -0.2) is 0 Å². The quantitative estimate of drug-likeness (QED) is 0.896. The van der Waals surface area contributed by atoms with Gasteiger partial charge in [-0.2, -0.15) is 0 Å². The first-order valence-electron chi connectivity index (χ1n) is 5.13. The highest BCUT2D eigenvalue weighted by atomic mass is 79.9. The Bertz CT molecular complexity index is 591. The van der Waals surface area contributed by atoms with E-state index in [1.165, 1.54) is 0 Å². The number of pyridine rings is 1. The average molecular weight is 301 g/mol. The molecule has 2 rings (SSSR count). The number of benzene rings is 1. The van der Waals surface area contributed by atoms with Crippen LogP contribution in [0.4, 0.5) is 0 Å². The zero-order valence-corrected chi connectivity index (χ0v) is 11.2. The molecule has 84 valence electrons. The van der Waals surface area contributed by atoms with Crippen LogP contribution < -0.4 is 5.43 Å². The summed E-state index contributed by atoms with van der Waals surface area (Å²) in [6, 6.07) is 5.21. The van der Waals surface area contributed by atoms with E-state index in [0.717, 1.165) is 23.0 Å². The number of halogens is 2. The molecule has 1 aromatic heterocycles. The van der Waals surface area contributed by atoms with Gasteiger partial charge in [0, 0.05) is 16.2 Å². The molecule has 0 aliphatic heterocycles. The molecule has 0 unspecified atom stereocenters. The number of aromatic amines is 1. The first-order valence-corrected chi connectivity index (χ1v) is 6.30. The third kappa shape index (κ3) is 2.02. The van der Waals surface area contributed by atoms with Crippen molar-refractivity contribution in [1.82, 2.24) is 4.98 Å². The zero-order chi connectivity index (χ0) is 11.7. The predicted octanol–water partition coefficient (Wildman–Crippen LogP) is 3.90. The van der Waals surface area contributed by atoms with Crippen LogP contribution in [0, 0.1) is 0 Å². The van der Waals surface area contributed by atoms with E-state index in [2.05, 4.69) is 27.8 Å². The topological polar surface area (TPSA) is 32.9 Å². The van der Waals surface area contributed by atoms with E-state index in [9.17, 15) is 4.79 Å². The lowest BCUT2D eigenvalue weighted by atomic mass is 10.1. The van der Waals surface area contributed by atoms with Crippen LogP contribution in [-0.2, 0) is 6.42 Å². The van der Waals surface area contributed by atoms with Gasteiger partial charge in [0.2, 0.25) is 0 Å². The number of hydrogen-bond donors (Lipinski definition) is 1. The maximum atomic E-state index is 11.9. The normalized spacial score (nSPS) is 10.9. The van der Waals surface area contributed by atoms with Gasteiger partial charge >= 0.3 is 0 Å². The second-order valence-corrected chi connectivity index (χ2v) is 4.95. The lowest BCUT2D eigenvalue weighted by Crippen LogP contribution is -2.06. The largest absolute Gasteiger partial charge is 0.357 e. The van der Waals surface area contributed by atoms with Crippen LogP contribution in [0.15, 0.2) is 27.5 Å². The molecule has 1 heterocycles. The van der Waals surface area contributed by atoms with E-state index < -0.39 is 0 Å². The van der Waals surface area contributed by atoms with Crippen molar-refractivity contribution in [3.63, 3.8) is 0 Å². The molecule has 4 heteroatoms. The Labute approximate surface area is 107 Å². The van der Waals surface area contributed by atoms with Gasteiger partial charge in [0.25, 0.3) is 0 Å². The predicted molar refractivity (Wildman–Crippen MR) is 71.3 cm³/mol.